The van der Waals surface area contributed by atoms with E-state index in [1.165, 1.54) is 6.26 Å². The summed E-state index contributed by atoms with van der Waals surface area (Å²) in [6.07, 6.45) is 2.70. The molecule has 2 rings (SSSR count). The Morgan fingerprint density at radius 2 is 2.44 bits per heavy atom. The summed E-state index contributed by atoms with van der Waals surface area (Å²) in [4.78, 5) is 13.9. The summed E-state index contributed by atoms with van der Waals surface area (Å²) in [5, 5.41) is 0. The third-order valence-electron chi connectivity index (χ3n) is 3.05. The number of ether oxygens (including phenoxy) is 1. The largest absolute Gasteiger partial charge is 0.469 e. The Labute approximate surface area is 106 Å². The zero-order valence-electron chi connectivity index (χ0n) is 10.5. The normalized spacial score (nSPS) is 20.1. The second-order valence-electron chi connectivity index (χ2n) is 4.41. The van der Waals surface area contributed by atoms with Crippen molar-refractivity contribution in [2.24, 2.45) is 0 Å². The number of hydrogen-bond donors (Lipinski definition) is 0. The highest BCUT2D eigenvalue weighted by Gasteiger charge is 2.27. The fraction of sp³-hybridized carbons (Fsp3) is 0.615. The van der Waals surface area contributed by atoms with E-state index in [0.29, 0.717) is 31.0 Å². The van der Waals surface area contributed by atoms with Crippen LogP contribution in [0.15, 0.2) is 16.7 Å². The first kappa shape index (κ1) is 13.1. The molecule has 1 aliphatic rings. The van der Waals surface area contributed by atoms with Crippen LogP contribution in [0.5, 0.6) is 0 Å². The van der Waals surface area contributed by atoms with Gasteiger partial charge < -0.3 is 14.1 Å². The number of furan rings is 1. The molecule has 1 fully saturated rings. The van der Waals surface area contributed by atoms with Gasteiger partial charge in [-0.15, -0.1) is 0 Å². The molecule has 2 heterocycles. The van der Waals surface area contributed by atoms with Crippen LogP contribution >= 0.6 is 0 Å². The number of nitrogens with zero attached hydrogens (tertiary/aromatic N) is 1. The van der Waals surface area contributed by atoms with E-state index < -0.39 is 12.8 Å². The molecular formula is C13H18FNO3. The number of morpholine rings is 1. The minimum absolute atomic E-state index is 0.0889. The van der Waals surface area contributed by atoms with Crippen molar-refractivity contribution in [3.05, 3.63) is 23.7 Å². The number of carbonyl (C=O) groups is 1. The number of amides is 1. The van der Waals surface area contributed by atoms with E-state index >= 15 is 0 Å². The molecule has 0 aliphatic carbocycles. The summed E-state index contributed by atoms with van der Waals surface area (Å²) in [5.74, 6) is 0.625. The summed E-state index contributed by atoms with van der Waals surface area (Å²) >= 11 is 0. The van der Waals surface area contributed by atoms with Crippen LogP contribution in [0.1, 0.15) is 29.5 Å². The quantitative estimate of drug-likeness (QED) is 0.827. The Morgan fingerprint density at radius 1 is 1.61 bits per heavy atom. The molecule has 0 N–H and O–H groups in total. The second kappa shape index (κ2) is 6.00. The first-order valence-electron chi connectivity index (χ1n) is 6.29. The van der Waals surface area contributed by atoms with Crippen molar-refractivity contribution in [1.29, 1.82) is 0 Å². The standard InChI is InChI=1S/C13H18FNO3/c1-2-3-12-11(4-6-18-12)13(16)15-5-7-17-10(8-14)9-15/h4,6,10H,2-3,5,7-9H2,1H3. The lowest BCUT2D eigenvalue weighted by Crippen LogP contribution is -2.46. The van der Waals surface area contributed by atoms with Crippen LogP contribution < -0.4 is 0 Å². The molecule has 100 valence electrons. The molecule has 0 spiro atoms. The van der Waals surface area contributed by atoms with Crippen LogP contribution in [-0.2, 0) is 11.2 Å². The van der Waals surface area contributed by atoms with Crippen molar-refractivity contribution in [1.82, 2.24) is 4.90 Å². The van der Waals surface area contributed by atoms with Gasteiger partial charge in [0.2, 0.25) is 0 Å². The van der Waals surface area contributed by atoms with Gasteiger partial charge in [0.1, 0.15) is 18.5 Å². The maximum Gasteiger partial charge on any atom is 0.257 e. The number of hydrogen-bond acceptors (Lipinski definition) is 3. The maximum absolute atomic E-state index is 12.6. The fourth-order valence-corrected chi connectivity index (χ4v) is 2.12. The van der Waals surface area contributed by atoms with Gasteiger partial charge >= 0.3 is 0 Å². The molecule has 0 aromatic carbocycles. The summed E-state index contributed by atoms with van der Waals surface area (Å²) in [5.41, 5.74) is 0.594. The third-order valence-corrected chi connectivity index (χ3v) is 3.05. The highest BCUT2D eigenvalue weighted by atomic mass is 19.1. The molecule has 1 unspecified atom stereocenters. The van der Waals surface area contributed by atoms with E-state index in [9.17, 15) is 9.18 Å². The molecule has 1 aromatic rings. The van der Waals surface area contributed by atoms with Crippen LogP contribution in [0.25, 0.3) is 0 Å². The SMILES string of the molecule is CCCc1occc1C(=O)N1CCOC(CF)C1. The fourth-order valence-electron chi connectivity index (χ4n) is 2.12. The Morgan fingerprint density at radius 3 is 3.17 bits per heavy atom. The number of halogens is 1. The maximum atomic E-state index is 12.6. The molecule has 1 saturated heterocycles. The van der Waals surface area contributed by atoms with Gasteiger partial charge in [-0.05, 0) is 12.5 Å². The third kappa shape index (κ3) is 2.72. The van der Waals surface area contributed by atoms with E-state index in [2.05, 4.69) is 0 Å². The lowest BCUT2D eigenvalue weighted by molar-refractivity contribution is -0.0311. The van der Waals surface area contributed by atoms with Crippen LogP contribution in [0.3, 0.4) is 0 Å². The summed E-state index contributed by atoms with van der Waals surface area (Å²) in [6, 6.07) is 1.69. The molecule has 1 aromatic heterocycles. The highest BCUT2D eigenvalue weighted by Crippen LogP contribution is 2.17. The lowest BCUT2D eigenvalue weighted by Gasteiger charge is -2.31. The minimum Gasteiger partial charge on any atom is -0.469 e. The Hall–Kier alpha value is -1.36. The monoisotopic (exact) mass is 255 g/mol. The molecule has 1 amide bonds. The van der Waals surface area contributed by atoms with Gasteiger partial charge in [-0.2, -0.15) is 0 Å². The van der Waals surface area contributed by atoms with E-state index in [4.69, 9.17) is 9.15 Å². The molecule has 1 atom stereocenters. The van der Waals surface area contributed by atoms with Crippen molar-refractivity contribution in [2.45, 2.75) is 25.9 Å². The van der Waals surface area contributed by atoms with Crippen molar-refractivity contribution < 1.29 is 18.3 Å². The minimum atomic E-state index is -0.559. The van der Waals surface area contributed by atoms with Gasteiger partial charge in [-0.1, -0.05) is 6.92 Å². The van der Waals surface area contributed by atoms with E-state index in [-0.39, 0.29) is 5.91 Å². The van der Waals surface area contributed by atoms with Gasteiger partial charge in [-0.25, -0.2) is 4.39 Å². The van der Waals surface area contributed by atoms with Gasteiger partial charge in [0.25, 0.3) is 5.91 Å². The number of alkyl halides is 1. The van der Waals surface area contributed by atoms with E-state index in [1.54, 1.807) is 11.0 Å². The number of rotatable bonds is 4. The summed E-state index contributed by atoms with van der Waals surface area (Å²) < 4.78 is 23.1. The average Bonchev–Trinajstić information content (AvgIpc) is 2.86. The van der Waals surface area contributed by atoms with Crippen molar-refractivity contribution in [2.75, 3.05) is 26.4 Å². The highest BCUT2D eigenvalue weighted by molar-refractivity contribution is 5.95. The number of aryl methyl sites for hydroxylation is 1. The smallest absolute Gasteiger partial charge is 0.257 e. The molecule has 1 aliphatic heterocycles. The predicted octanol–water partition coefficient (Wildman–Crippen LogP) is 2.04. The van der Waals surface area contributed by atoms with Gasteiger partial charge in [0.15, 0.2) is 0 Å². The molecule has 18 heavy (non-hydrogen) atoms. The second-order valence-corrected chi connectivity index (χ2v) is 4.41. The Kier molecular flexibility index (Phi) is 4.36. The van der Waals surface area contributed by atoms with Crippen LogP contribution in [-0.4, -0.2) is 43.3 Å². The molecule has 4 nitrogen and oxygen atoms in total. The molecule has 0 saturated carbocycles. The Balaban J connectivity index is 2.08. The first-order valence-corrected chi connectivity index (χ1v) is 6.29. The average molecular weight is 255 g/mol. The molecular weight excluding hydrogens is 237 g/mol. The Bertz CT molecular complexity index is 405. The van der Waals surface area contributed by atoms with Crippen molar-refractivity contribution in [3.63, 3.8) is 0 Å². The lowest BCUT2D eigenvalue weighted by atomic mass is 10.1. The van der Waals surface area contributed by atoms with Crippen LogP contribution in [0, 0.1) is 0 Å². The van der Waals surface area contributed by atoms with Crippen LogP contribution in [0.2, 0.25) is 0 Å². The zero-order chi connectivity index (χ0) is 13.0. The van der Waals surface area contributed by atoms with Gasteiger partial charge in [0, 0.05) is 19.5 Å². The van der Waals surface area contributed by atoms with Gasteiger partial charge in [-0.3, -0.25) is 4.79 Å². The molecule has 5 heteroatoms. The molecule has 0 radical (unpaired) electrons. The zero-order valence-corrected chi connectivity index (χ0v) is 10.5. The van der Waals surface area contributed by atoms with E-state index in [1.807, 2.05) is 6.92 Å². The first-order chi connectivity index (χ1) is 8.76. The molecule has 0 bridgehead atoms. The topological polar surface area (TPSA) is 42.7 Å². The van der Waals surface area contributed by atoms with Crippen molar-refractivity contribution >= 4 is 5.91 Å². The van der Waals surface area contributed by atoms with Gasteiger partial charge in [0.05, 0.1) is 18.4 Å². The number of carbonyl (C=O) groups excluding carboxylic acids is 1. The predicted molar refractivity (Wildman–Crippen MR) is 64.3 cm³/mol. The van der Waals surface area contributed by atoms with Crippen LogP contribution in [0.4, 0.5) is 4.39 Å². The van der Waals surface area contributed by atoms with Crippen molar-refractivity contribution in [3.8, 4) is 0 Å². The summed E-state index contributed by atoms with van der Waals surface area (Å²) in [7, 11) is 0. The summed E-state index contributed by atoms with van der Waals surface area (Å²) in [6.45, 7) is 2.68. The van der Waals surface area contributed by atoms with E-state index in [0.717, 1.165) is 12.8 Å².